The lowest BCUT2D eigenvalue weighted by Crippen LogP contribution is -2.19. The van der Waals surface area contributed by atoms with Gasteiger partial charge in [-0.3, -0.25) is 10.1 Å². The van der Waals surface area contributed by atoms with E-state index in [9.17, 15) is 14.4 Å². The Labute approximate surface area is 187 Å². The minimum atomic E-state index is -0.488. The van der Waals surface area contributed by atoms with Gasteiger partial charge in [0.05, 0.1) is 22.9 Å². The van der Waals surface area contributed by atoms with Gasteiger partial charge in [-0.15, -0.1) is 0 Å². The summed E-state index contributed by atoms with van der Waals surface area (Å²) < 4.78 is 5.55. The van der Waals surface area contributed by atoms with Crippen LogP contribution in [0.1, 0.15) is 20.7 Å². The maximum atomic E-state index is 12.4. The maximum absolute atomic E-state index is 12.4. The molecule has 0 saturated heterocycles. The summed E-state index contributed by atoms with van der Waals surface area (Å²) in [4.78, 5) is 40.8. The van der Waals surface area contributed by atoms with E-state index in [4.69, 9.17) is 0 Å². The molecule has 32 heavy (non-hydrogen) atoms. The number of methoxy groups -OCH3 is 1. The predicted octanol–water partition coefficient (Wildman–Crippen LogP) is 4.98. The van der Waals surface area contributed by atoms with Crippen molar-refractivity contribution in [2.24, 2.45) is 0 Å². The Morgan fingerprint density at radius 2 is 1.53 bits per heavy atom. The number of esters is 1. The molecule has 3 amide bonds. The molecule has 9 heteroatoms. The second kappa shape index (κ2) is 9.27. The van der Waals surface area contributed by atoms with Crippen molar-refractivity contribution in [2.75, 3.05) is 23.1 Å². The summed E-state index contributed by atoms with van der Waals surface area (Å²) >= 11 is 1.34. The fraction of sp³-hybridized carbons (Fsp3) is 0.0435. The molecule has 160 valence electrons. The molecule has 0 unspecified atom stereocenters. The number of carbonyl (C=O) groups is 3. The van der Waals surface area contributed by atoms with Crippen LogP contribution in [0.15, 0.2) is 72.8 Å². The molecule has 0 saturated carbocycles. The van der Waals surface area contributed by atoms with Crippen molar-refractivity contribution in [1.29, 1.82) is 0 Å². The third-order valence-electron chi connectivity index (χ3n) is 4.44. The summed E-state index contributed by atoms with van der Waals surface area (Å²) in [6.07, 6.45) is 0. The van der Waals surface area contributed by atoms with Crippen molar-refractivity contribution in [3.8, 4) is 0 Å². The number of urea groups is 1. The SMILES string of the molecule is COC(=O)c1cccc(NC(=O)Nc2ccc3sc(NC(=O)c4ccccc4)nc3c2)c1. The van der Waals surface area contributed by atoms with E-state index in [1.807, 2.05) is 12.1 Å². The van der Waals surface area contributed by atoms with E-state index < -0.39 is 12.0 Å². The number of ether oxygens (including phenoxy) is 1. The van der Waals surface area contributed by atoms with Gasteiger partial charge in [-0.2, -0.15) is 0 Å². The Morgan fingerprint density at radius 3 is 2.28 bits per heavy atom. The number of fused-ring (bicyclic) bond motifs is 1. The van der Waals surface area contributed by atoms with Crippen LogP contribution in [0.25, 0.3) is 10.2 Å². The van der Waals surface area contributed by atoms with Crippen molar-refractivity contribution < 1.29 is 19.1 Å². The molecule has 0 bridgehead atoms. The number of anilines is 3. The van der Waals surface area contributed by atoms with Gasteiger partial charge in [0.15, 0.2) is 5.13 Å². The van der Waals surface area contributed by atoms with E-state index in [2.05, 4.69) is 25.7 Å². The Balaban J connectivity index is 1.43. The van der Waals surface area contributed by atoms with Crippen molar-refractivity contribution in [3.05, 3.63) is 83.9 Å². The van der Waals surface area contributed by atoms with Crippen LogP contribution in [0.3, 0.4) is 0 Å². The summed E-state index contributed by atoms with van der Waals surface area (Å²) in [6, 6.07) is 20.1. The van der Waals surface area contributed by atoms with Gasteiger partial charge in [0.25, 0.3) is 5.91 Å². The molecular weight excluding hydrogens is 428 g/mol. The first kappa shape index (κ1) is 21.0. The monoisotopic (exact) mass is 446 g/mol. The van der Waals surface area contributed by atoms with E-state index in [1.165, 1.54) is 24.5 Å². The van der Waals surface area contributed by atoms with E-state index in [-0.39, 0.29) is 5.91 Å². The molecule has 1 aromatic heterocycles. The minimum absolute atomic E-state index is 0.239. The Bertz CT molecular complexity index is 1300. The van der Waals surface area contributed by atoms with Crippen molar-refractivity contribution >= 4 is 56.0 Å². The van der Waals surface area contributed by atoms with E-state index in [0.717, 1.165) is 4.70 Å². The van der Waals surface area contributed by atoms with Gasteiger partial charge in [0.1, 0.15) is 0 Å². The molecule has 4 aromatic rings. The lowest BCUT2D eigenvalue weighted by atomic mass is 10.2. The minimum Gasteiger partial charge on any atom is -0.465 e. The lowest BCUT2D eigenvalue weighted by Gasteiger charge is -2.08. The van der Waals surface area contributed by atoms with Crippen LogP contribution < -0.4 is 16.0 Å². The van der Waals surface area contributed by atoms with Crippen molar-refractivity contribution in [2.45, 2.75) is 0 Å². The standard InChI is InChI=1S/C23H18N4O4S/c1-31-21(29)15-8-5-9-16(12-15)24-22(30)25-17-10-11-19-18(13-17)26-23(32-19)27-20(28)14-6-3-2-4-7-14/h2-13H,1H3,(H2,24,25,30)(H,26,27,28). The van der Waals surface area contributed by atoms with Crippen LogP contribution in [-0.4, -0.2) is 30.0 Å². The Hall–Kier alpha value is -4.24. The van der Waals surface area contributed by atoms with Crippen molar-refractivity contribution in [1.82, 2.24) is 4.98 Å². The lowest BCUT2D eigenvalue weighted by molar-refractivity contribution is 0.0600. The number of amides is 3. The van der Waals surface area contributed by atoms with Gasteiger partial charge in [0.2, 0.25) is 0 Å². The van der Waals surface area contributed by atoms with Gasteiger partial charge >= 0.3 is 12.0 Å². The fourth-order valence-electron chi connectivity index (χ4n) is 2.95. The molecular formula is C23H18N4O4S. The first-order chi connectivity index (χ1) is 15.5. The van der Waals surface area contributed by atoms with Gasteiger partial charge < -0.3 is 15.4 Å². The molecule has 0 aliphatic carbocycles. The number of carbonyl (C=O) groups excluding carboxylic acids is 3. The van der Waals surface area contributed by atoms with E-state index >= 15 is 0 Å². The predicted molar refractivity (Wildman–Crippen MR) is 124 cm³/mol. The molecule has 3 N–H and O–H groups in total. The van der Waals surface area contributed by atoms with Gasteiger partial charge in [-0.05, 0) is 48.5 Å². The van der Waals surface area contributed by atoms with E-state index in [1.54, 1.807) is 54.6 Å². The first-order valence-corrected chi connectivity index (χ1v) is 10.4. The van der Waals surface area contributed by atoms with Crippen LogP contribution in [0.4, 0.5) is 21.3 Å². The molecule has 0 radical (unpaired) electrons. The molecule has 0 aliphatic rings. The normalized spacial score (nSPS) is 10.4. The zero-order valence-corrected chi connectivity index (χ0v) is 17.7. The highest BCUT2D eigenvalue weighted by Gasteiger charge is 2.12. The number of nitrogens with zero attached hydrogens (tertiary/aromatic N) is 1. The quantitative estimate of drug-likeness (QED) is 0.375. The third kappa shape index (κ3) is 4.90. The van der Waals surface area contributed by atoms with Crippen LogP contribution in [0, 0.1) is 0 Å². The topological polar surface area (TPSA) is 109 Å². The molecule has 1 heterocycles. The summed E-state index contributed by atoms with van der Waals surface area (Å²) in [5.74, 6) is -0.727. The molecule has 0 fully saturated rings. The summed E-state index contributed by atoms with van der Waals surface area (Å²) in [7, 11) is 1.29. The average molecular weight is 446 g/mol. The van der Waals surface area contributed by atoms with Gasteiger partial charge in [-0.25, -0.2) is 14.6 Å². The zero-order valence-electron chi connectivity index (χ0n) is 16.9. The largest absolute Gasteiger partial charge is 0.465 e. The van der Waals surface area contributed by atoms with Gasteiger partial charge in [-0.1, -0.05) is 35.6 Å². The smallest absolute Gasteiger partial charge is 0.337 e. The molecule has 0 spiro atoms. The zero-order chi connectivity index (χ0) is 22.5. The number of hydrogen-bond donors (Lipinski definition) is 3. The second-order valence-electron chi connectivity index (χ2n) is 6.67. The molecule has 0 atom stereocenters. The van der Waals surface area contributed by atoms with Crippen LogP contribution >= 0.6 is 11.3 Å². The highest BCUT2D eigenvalue weighted by molar-refractivity contribution is 7.22. The van der Waals surface area contributed by atoms with Gasteiger partial charge in [0, 0.05) is 16.9 Å². The number of benzene rings is 3. The summed E-state index contributed by atoms with van der Waals surface area (Å²) in [5, 5.41) is 8.67. The number of thiazole rings is 1. The summed E-state index contributed by atoms with van der Waals surface area (Å²) in [5.41, 5.74) is 2.50. The number of aromatic nitrogens is 1. The number of nitrogens with one attached hydrogen (secondary N) is 3. The number of rotatable bonds is 5. The molecule has 3 aromatic carbocycles. The van der Waals surface area contributed by atoms with E-state index in [0.29, 0.717) is 33.1 Å². The average Bonchev–Trinajstić information content (AvgIpc) is 3.20. The van der Waals surface area contributed by atoms with Crippen LogP contribution in [0.5, 0.6) is 0 Å². The van der Waals surface area contributed by atoms with Crippen LogP contribution in [-0.2, 0) is 4.74 Å². The Morgan fingerprint density at radius 1 is 0.812 bits per heavy atom. The van der Waals surface area contributed by atoms with Crippen molar-refractivity contribution in [3.63, 3.8) is 0 Å². The second-order valence-corrected chi connectivity index (χ2v) is 7.70. The molecule has 4 rings (SSSR count). The number of hydrogen-bond acceptors (Lipinski definition) is 6. The third-order valence-corrected chi connectivity index (χ3v) is 5.40. The highest BCUT2D eigenvalue weighted by atomic mass is 32.1. The maximum Gasteiger partial charge on any atom is 0.337 e. The molecule has 0 aliphatic heterocycles. The summed E-state index contributed by atoms with van der Waals surface area (Å²) in [6.45, 7) is 0. The Kier molecular flexibility index (Phi) is 6.09. The molecule has 8 nitrogen and oxygen atoms in total. The first-order valence-electron chi connectivity index (χ1n) is 9.55. The van der Waals surface area contributed by atoms with Crippen LogP contribution in [0.2, 0.25) is 0 Å². The highest BCUT2D eigenvalue weighted by Crippen LogP contribution is 2.28. The fourth-order valence-corrected chi connectivity index (χ4v) is 3.79.